The number of aliphatic carboxylic acids is 1. The van der Waals surface area contributed by atoms with Crippen LogP contribution in [0, 0.1) is 5.92 Å². The largest absolute Gasteiger partial charge is 0.481 e. The molecule has 2 unspecified atom stereocenters. The molecule has 0 aliphatic rings. The SMILES string of the molecule is O=C(O)CCNC(=O)C(Cc1ccccc1)CC(S)Cc1ccccc1. The molecular formula is C21H25NO3S. The molecule has 2 atom stereocenters. The van der Waals surface area contributed by atoms with Gasteiger partial charge in [-0.1, -0.05) is 60.7 Å². The summed E-state index contributed by atoms with van der Waals surface area (Å²) in [6.45, 7) is 0.148. The van der Waals surface area contributed by atoms with Crippen LogP contribution >= 0.6 is 12.6 Å². The van der Waals surface area contributed by atoms with E-state index in [1.807, 2.05) is 48.5 Å². The first kappa shape index (κ1) is 20.0. The van der Waals surface area contributed by atoms with Gasteiger partial charge in [0.05, 0.1) is 6.42 Å². The zero-order chi connectivity index (χ0) is 18.8. The van der Waals surface area contributed by atoms with Crippen molar-refractivity contribution in [1.29, 1.82) is 0 Å². The molecule has 26 heavy (non-hydrogen) atoms. The van der Waals surface area contributed by atoms with Gasteiger partial charge in [-0.3, -0.25) is 9.59 Å². The van der Waals surface area contributed by atoms with Gasteiger partial charge < -0.3 is 10.4 Å². The van der Waals surface area contributed by atoms with E-state index in [4.69, 9.17) is 17.7 Å². The monoisotopic (exact) mass is 371 g/mol. The number of rotatable bonds is 10. The second kappa shape index (κ2) is 10.7. The zero-order valence-corrected chi connectivity index (χ0v) is 15.6. The van der Waals surface area contributed by atoms with Gasteiger partial charge in [-0.15, -0.1) is 0 Å². The highest BCUT2D eigenvalue weighted by Gasteiger charge is 2.22. The lowest BCUT2D eigenvalue weighted by Gasteiger charge is -2.20. The van der Waals surface area contributed by atoms with E-state index < -0.39 is 5.97 Å². The minimum absolute atomic E-state index is 0.0522. The summed E-state index contributed by atoms with van der Waals surface area (Å²) < 4.78 is 0. The molecule has 0 aliphatic carbocycles. The Morgan fingerprint density at radius 2 is 1.46 bits per heavy atom. The quantitative estimate of drug-likeness (QED) is 0.561. The second-order valence-corrected chi connectivity index (χ2v) is 7.13. The Bertz CT molecular complexity index is 691. The van der Waals surface area contributed by atoms with Crippen LogP contribution < -0.4 is 5.32 Å². The summed E-state index contributed by atoms with van der Waals surface area (Å²) in [7, 11) is 0. The van der Waals surface area contributed by atoms with Crippen molar-refractivity contribution in [3.8, 4) is 0 Å². The Morgan fingerprint density at radius 3 is 2.00 bits per heavy atom. The van der Waals surface area contributed by atoms with Gasteiger partial charge in [0, 0.05) is 17.7 Å². The summed E-state index contributed by atoms with van der Waals surface area (Å²) in [5.41, 5.74) is 2.28. The number of carbonyl (C=O) groups is 2. The summed E-state index contributed by atoms with van der Waals surface area (Å²) in [6, 6.07) is 19.9. The summed E-state index contributed by atoms with van der Waals surface area (Å²) in [6.07, 6.45) is 1.97. The standard InChI is InChI=1S/C21H25NO3S/c23-20(24)11-12-22-21(25)18(13-16-7-3-1-4-8-16)15-19(26)14-17-9-5-2-6-10-17/h1-10,18-19,26H,11-15H2,(H,22,25)(H,23,24). The molecule has 4 nitrogen and oxygen atoms in total. The molecule has 2 N–H and O–H groups in total. The van der Waals surface area contributed by atoms with E-state index in [9.17, 15) is 9.59 Å². The van der Waals surface area contributed by atoms with E-state index >= 15 is 0 Å². The Hall–Kier alpha value is -2.27. The van der Waals surface area contributed by atoms with Crippen molar-refractivity contribution in [1.82, 2.24) is 5.32 Å². The smallest absolute Gasteiger partial charge is 0.305 e. The highest BCUT2D eigenvalue weighted by atomic mass is 32.1. The fourth-order valence-electron chi connectivity index (χ4n) is 2.92. The van der Waals surface area contributed by atoms with E-state index in [1.165, 1.54) is 5.56 Å². The van der Waals surface area contributed by atoms with Crippen molar-refractivity contribution in [2.75, 3.05) is 6.54 Å². The van der Waals surface area contributed by atoms with Gasteiger partial charge in [-0.2, -0.15) is 12.6 Å². The fraction of sp³-hybridized carbons (Fsp3) is 0.333. The molecule has 138 valence electrons. The fourth-order valence-corrected chi connectivity index (χ4v) is 3.38. The molecule has 0 fully saturated rings. The normalized spacial score (nSPS) is 13.0. The van der Waals surface area contributed by atoms with Gasteiger partial charge in [-0.05, 0) is 30.4 Å². The van der Waals surface area contributed by atoms with Crippen molar-refractivity contribution in [2.24, 2.45) is 5.92 Å². The second-order valence-electron chi connectivity index (χ2n) is 6.40. The topological polar surface area (TPSA) is 66.4 Å². The maximum atomic E-state index is 12.6. The molecule has 2 aromatic rings. The van der Waals surface area contributed by atoms with E-state index in [0.29, 0.717) is 12.8 Å². The predicted octanol–water partition coefficient (Wildman–Crippen LogP) is 3.37. The molecule has 0 radical (unpaired) electrons. The summed E-state index contributed by atoms with van der Waals surface area (Å²) in [4.78, 5) is 23.2. The molecule has 2 rings (SSSR count). The van der Waals surface area contributed by atoms with E-state index in [-0.39, 0.29) is 30.0 Å². The lowest BCUT2D eigenvalue weighted by Crippen LogP contribution is -2.35. The highest BCUT2D eigenvalue weighted by molar-refractivity contribution is 7.80. The predicted molar refractivity (Wildman–Crippen MR) is 106 cm³/mol. The summed E-state index contributed by atoms with van der Waals surface area (Å²) in [5, 5.41) is 11.5. The van der Waals surface area contributed by atoms with Gasteiger partial charge in [0.2, 0.25) is 5.91 Å². The molecule has 0 heterocycles. The average molecular weight is 372 g/mol. The molecule has 0 spiro atoms. The van der Waals surface area contributed by atoms with Gasteiger partial charge in [0.1, 0.15) is 0 Å². The van der Waals surface area contributed by atoms with Crippen LogP contribution in [0.3, 0.4) is 0 Å². The van der Waals surface area contributed by atoms with E-state index in [1.54, 1.807) is 0 Å². The van der Waals surface area contributed by atoms with Crippen LogP contribution in [0.5, 0.6) is 0 Å². The van der Waals surface area contributed by atoms with Crippen LogP contribution in [0.1, 0.15) is 24.0 Å². The number of hydrogen-bond acceptors (Lipinski definition) is 3. The average Bonchev–Trinajstić information content (AvgIpc) is 2.62. The van der Waals surface area contributed by atoms with Crippen LogP contribution in [-0.2, 0) is 22.4 Å². The van der Waals surface area contributed by atoms with Gasteiger partial charge >= 0.3 is 5.97 Å². The van der Waals surface area contributed by atoms with E-state index in [2.05, 4.69) is 17.4 Å². The number of benzene rings is 2. The zero-order valence-electron chi connectivity index (χ0n) is 14.7. The van der Waals surface area contributed by atoms with Crippen molar-refractivity contribution >= 4 is 24.5 Å². The van der Waals surface area contributed by atoms with Gasteiger partial charge in [0.15, 0.2) is 0 Å². The number of nitrogens with one attached hydrogen (secondary N) is 1. The Balaban J connectivity index is 1.99. The third-order valence-corrected chi connectivity index (χ3v) is 4.60. The number of carboxylic acids is 1. The number of carboxylic acid groups (broad SMARTS) is 1. The van der Waals surface area contributed by atoms with Crippen molar-refractivity contribution in [2.45, 2.75) is 30.9 Å². The van der Waals surface area contributed by atoms with Crippen LogP contribution in [0.15, 0.2) is 60.7 Å². The molecule has 0 aromatic heterocycles. The van der Waals surface area contributed by atoms with Gasteiger partial charge in [0.25, 0.3) is 0 Å². The molecule has 0 saturated carbocycles. The molecule has 0 bridgehead atoms. The molecular weight excluding hydrogens is 346 g/mol. The Kier molecular flexibility index (Phi) is 8.22. The Morgan fingerprint density at radius 1 is 0.923 bits per heavy atom. The minimum atomic E-state index is -0.916. The number of amides is 1. The molecule has 2 aromatic carbocycles. The highest BCUT2D eigenvalue weighted by Crippen LogP contribution is 2.20. The van der Waals surface area contributed by atoms with Gasteiger partial charge in [-0.25, -0.2) is 0 Å². The molecule has 5 heteroatoms. The third-order valence-electron chi connectivity index (χ3n) is 4.20. The van der Waals surface area contributed by atoms with Crippen LogP contribution in [0.4, 0.5) is 0 Å². The molecule has 1 amide bonds. The van der Waals surface area contributed by atoms with Crippen LogP contribution in [-0.4, -0.2) is 28.8 Å². The number of hydrogen-bond donors (Lipinski definition) is 3. The summed E-state index contributed by atoms with van der Waals surface area (Å²) in [5.74, 6) is -1.26. The maximum absolute atomic E-state index is 12.6. The lowest BCUT2D eigenvalue weighted by molar-refractivity contribution is -0.137. The third kappa shape index (κ3) is 7.31. The lowest BCUT2D eigenvalue weighted by atomic mass is 9.92. The van der Waals surface area contributed by atoms with Crippen LogP contribution in [0.25, 0.3) is 0 Å². The molecule has 0 saturated heterocycles. The maximum Gasteiger partial charge on any atom is 0.305 e. The first-order valence-corrected chi connectivity index (χ1v) is 9.31. The minimum Gasteiger partial charge on any atom is -0.481 e. The molecule has 0 aliphatic heterocycles. The first-order chi connectivity index (χ1) is 12.5. The number of carbonyl (C=O) groups excluding carboxylic acids is 1. The van der Waals surface area contributed by atoms with E-state index in [0.717, 1.165) is 12.0 Å². The van der Waals surface area contributed by atoms with Crippen molar-refractivity contribution in [3.05, 3.63) is 71.8 Å². The number of thiol groups is 1. The first-order valence-electron chi connectivity index (χ1n) is 8.80. The van der Waals surface area contributed by atoms with Crippen molar-refractivity contribution < 1.29 is 14.7 Å². The van der Waals surface area contributed by atoms with Crippen molar-refractivity contribution in [3.63, 3.8) is 0 Å². The Labute approximate surface area is 160 Å². The van der Waals surface area contributed by atoms with Crippen LogP contribution in [0.2, 0.25) is 0 Å². The summed E-state index contributed by atoms with van der Waals surface area (Å²) >= 11 is 4.69.